The number of fused-ring (bicyclic) bond motifs is 4. The molecule has 0 bridgehead atoms. The van der Waals surface area contributed by atoms with Gasteiger partial charge in [0, 0.05) is 29.6 Å². The molecule has 0 radical (unpaired) electrons. The summed E-state index contributed by atoms with van der Waals surface area (Å²) in [6.07, 6.45) is 0. The number of rotatable bonds is 6. The van der Waals surface area contributed by atoms with E-state index in [1.54, 1.807) is 18.2 Å². The van der Waals surface area contributed by atoms with Crippen molar-refractivity contribution in [3.8, 4) is 5.69 Å². The zero-order chi connectivity index (χ0) is 28.7. The molecule has 0 fully saturated rings. The minimum Gasteiger partial charge on any atom is -0.744 e. The topological polar surface area (TPSA) is 98.0 Å². The monoisotopic (exact) mass is 590 g/mol. The molecule has 0 saturated heterocycles. The number of hydrogen-bond donors (Lipinski definition) is 2. The van der Waals surface area contributed by atoms with Crippen molar-refractivity contribution in [2.24, 2.45) is 0 Å². The Kier molecular flexibility index (Phi) is 7.87. The van der Waals surface area contributed by atoms with E-state index in [-0.39, 0.29) is 40.1 Å². The first-order valence-corrected chi connectivity index (χ1v) is 14.7. The third kappa shape index (κ3) is 5.59. The Morgan fingerprint density at radius 1 is 0.698 bits per heavy atom. The smallest absolute Gasteiger partial charge is 0.744 e. The first-order valence-electron chi connectivity index (χ1n) is 13.3. The SMILES string of the molecule is O=S(=O)([O-])c1cc2nc3c4ccc[c-]c4c(Nc4ccccc4)cc3[n+](-c3ccccc3)c2cc1Nc1ccccc1.[Na+]. The minimum atomic E-state index is -4.84. The molecule has 43 heavy (non-hydrogen) atoms. The molecule has 0 aliphatic heterocycles. The standard InChI is InChI=1S/C34H23N4O3S.Na/c39-42(40,41)33-22-29-31(21-30(33)36-24-14-6-2-7-15-24)38(25-16-8-3-9-17-25)32-20-28(35-23-12-4-1-5-13-23)26-18-10-11-19-27(26)34(32)37-29;/h1-17,19-22H,(H2,35,36,39,40,41);/q-1;+1. The van der Waals surface area contributed by atoms with Crippen LogP contribution in [0.15, 0.2) is 132 Å². The molecule has 0 aliphatic rings. The minimum absolute atomic E-state index is 0. The van der Waals surface area contributed by atoms with Crippen LogP contribution in [0.4, 0.5) is 22.7 Å². The number of benzene rings is 6. The van der Waals surface area contributed by atoms with Crippen molar-refractivity contribution in [2.75, 3.05) is 10.6 Å². The Morgan fingerprint density at radius 2 is 1.28 bits per heavy atom. The second kappa shape index (κ2) is 11.8. The van der Waals surface area contributed by atoms with Crippen LogP contribution in [0.5, 0.6) is 0 Å². The molecule has 2 N–H and O–H groups in total. The number of anilines is 4. The van der Waals surface area contributed by atoms with Gasteiger partial charge in [-0.15, -0.1) is 29.7 Å². The fourth-order valence-electron chi connectivity index (χ4n) is 5.25. The third-order valence-electron chi connectivity index (χ3n) is 7.08. The van der Waals surface area contributed by atoms with Gasteiger partial charge in [-0.2, -0.15) is 4.57 Å². The molecule has 7 rings (SSSR count). The predicted molar refractivity (Wildman–Crippen MR) is 165 cm³/mol. The summed E-state index contributed by atoms with van der Waals surface area (Å²) in [5.41, 5.74) is 5.88. The number of para-hydroxylation sites is 3. The first kappa shape index (κ1) is 28.8. The van der Waals surface area contributed by atoms with Crippen molar-refractivity contribution in [1.29, 1.82) is 0 Å². The molecule has 1 aromatic heterocycles. The van der Waals surface area contributed by atoms with Crippen LogP contribution >= 0.6 is 0 Å². The van der Waals surface area contributed by atoms with Gasteiger partial charge in [0.1, 0.15) is 21.2 Å². The van der Waals surface area contributed by atoms with E-state index in [9.17, 15) is 13.0 Å². The van der Waals surface area contributed by atoms with Gasteiger partial charge in [-0.25, -0.2) is 13.4 Å². The molecular weight excluding hydrogens is 567 g/mol. The Balaban J connectivity index is 0.00000329. The first-order chi connectivity index (χ1) is 20.5. The predicted octanol–water partition coefficient (Wildman–Crippen LogP) is 4.01. The number of aromatic nitrogens is 2. The van der Waals surface area contributed by atoms with Gasteiger partial charge in [-0.3, -0.25) is 0 Å². The Labute approximate surface area is 270 Å². The molecule has 1 heterocycles. The van der Waals surface area contributed by atoms with Gasteiger partial charge >= 0.3 is 29.6 Å². The molecule has 0 unspecified atom stereocenters. The zero-order valence-electron chi connectivity index (χ0n) is 23.2. The number of hydrogen-bond acceptors (Lipinski definition) is 6. The van der Waals surface area contributed by atoms with Gasteiger partial charge in [0.05, 0.1) is 10.6 Å². The van der Waals surface area contributed by atoms with Crippen LogP contribution in [0.25, 0.3) is 38.5 Å². The van der Waals surface area contributed by atoms with Gasteiger partial charge in [0.25, 0.3) is 0 Å². The van der Waals surface area contributed by atoms with Crippen LogP contribution in [0.3, 0.4) is 0 Å². The maximum atomic E-state index is 12.5. The zero-order valence-corrected chi connectivity index (χ0v) is 26.0. The van der Waals surface area contributed by atoms with E-state index in [0.717, 1.165) is 33.4 Å². The van der Waals surface area contributed by atoms with Crippen molar-refractivity contribution < 1.29 is 47.1 Å². The van der Waals surface area contributed by atoms with Crippen LogP contribution in [-0.4, -0.2) is 18.0 Å². The van der Waals surface area contributed by atoms with Crippen LogP contribution < -0.4 is 44.8 Å². The molecule has 204 valence electrons. The second-order valence-electron chi connectivity index (χ2n) is 9.81. The molecule has 7 aromatic rings. The average molecular weight is 591 g/mol. The fourth-order valence-corrected chi connectivity index (χ4v) is 5.88. The Morgan fingerprint density at radius 3 is 1.91 bits per heavy atom. The van der Waals surface area contributed by atoms with Crippen molar-refractivity contribution in [1.82, 2.24) is 4.98 Å². The van der Waals surface area contributed by atoms with Crippen molar-refractivity contribution in [2.45, 2.75) is 4.90 Å². The van der Waals surface area contributed by atoms with E-state index in [2.05, 4.69) is 16.7 Å². The molecule has 0 aliphatic carbocycles. The van der Waals surface area contributed by atoms with Crippen molar-refractivity contribution in [3.05, 3.63) is 133 Å². The molecule has 0 atom stereocenters. The summed E-state index contributed by atoms with van der Waals surface area (Å²) in [6.45, 7) is 0. The van der Waals surface area contributed by atoms with Gasteiger partial charge in [0.15, 0.2) is 0 Å². The summed E-state index contributed by atoms with van der Waals surface area (Å²) in [5.74, 6) is 0. The summed E-state index contributed by atoms with van der Waals surface area (Å²) in [5, 5.41) is 8.33. The molecule has 6 aromatic carbocycles. The number of nitrogens with one attached hydrogen (secondary N) is 2. The molecule has 0 saturated carbocycles. The van der Waals surface area contributed by atoms with Crippen molar-refractivity contribution >= 4 is 65.7 Å². The number of nitrogens with zero attached hydrogens (tertiary/aromatic N) is 2. The van der Waals surface area contributed by atoms with Gasteiger partial charge in [-0.05, 0) is 42.1 Å². The van der Waals surface area contributed by atoms with E-state index < -0.39 is 10.1 Å². The summed E-state index contributed by atoms with van der Waals surface area (Å²) in [6, 6.07) is 42.9. The normalized spacial score (nSPS) is 11.4. The van der Waals surface area contributed by atoms with Gasteiger partial charge in [0.2, 0.25) is 16.7 Å². The van der Waals surface area contributed by atoms with E-state index in [1.807, 2.05) is 108 Å². The largest absolute Gasteiger partial charge is 1.00 e. The van der Waals surface area contributed by atoms with E-state index in [1.165, 1.54) is 6.07 Å². The van der Waals surface area contributed by atoms with Crippen molar-refractivity contribution in [3.63, 3.8) is 0 Å². The molecule has 0 amide bonds. The molecule has 0 spiro atoms. The molecular formula is C34H23N4NaO3S. The Hall–Kier alpha value is -4.31. The summed E-state index contributed by atoms with van der Waals surface area (Å²) in [4.78, 5) is 4.59. The van der Waals surface area contributed by atoms with E-state index in [4.69, 9.17) is 4.98 Å². The third-order valence-corrected chi connectivity index (χ3v) is 7.96. The van der Waals surface area contributed by atoms with Gasteiger partial charge in [-0.1, -0.05) is 60.0 Å². The molecule has 7 nitrogen and oxygen atoms in total. The van der Waals surface area contributed by atoms with Gasteiger partial charge < -0.3 is 15.2 Å². The quantitative estimate of drug-likeness (QED) is 0.0759. The van der Waals surface area contributed by atoms with Crippen LogP contribution in [0, 0.1) is 6.07 Å². The van der Waals surface area contributed by atoms with E-state index >= 15 is 0 Å². The summed E-state index contributed by atoms with van der Waals surface area (Å²) in [7, 11) is -4.84. The van der Waals surface area contributed by atoms with E-state index in [0.29, 0.717) is 22.2 Å². The maximum Gasteiger partial charge on any atom is 1.00 e. The summed E-state index contributed by atoms with van der Waals surface area (Å²) < 4.78 is 39.5. The van der Waals surface area contributed by atoms with Crippen LogP contribution in [0.1, 0.15) is 0 Å². The van der Waals surface area contributed by atoms with Crippen LogP contribution in [-0.2, 0) is 10.1 Å². The fraction of sp³-hybridized carbons (Fsp3) is 0. The molecule has 9 heteroatoms. The van der Waals surface area contributed by atoms with Crippen LogP contribution in [0.2, 0.25) is 0 Å². The second-order valence-corrected chi connectivity index (χ2v) is 11.2. The average Bonchev–Trinajstić information content (AvgIpc) is 3.01. The summed E-state index contributed by atoms with van der Waals surface area (Å²) >= 11 is 0. The maximum absolute atomic E-state index is 12.5. The Bertz CT molecular complexity index is 2210.